The molecular formula is C31H29F4NO3. The molecule has 3 aliphatic rings. The van der Waals surface area contributed by atoms with Crippen LogP contribution in [0.2, 0.25) is 0 Å². The van der Waals surface area contributed by atoms with E-state index in [9.17, 15) is 27.5 Å². The van der Waals surface area contributed by atoms with Crippen molar-refractivity contribution in [1.82, 2.24) is 4.90 Å². The fourth-order valence-corrected chi connectivity index (χ4v) is 6.86. The number of rotatable bonds is 4. The Hall–Kier alpha value is -3.39. The van der Waals surface area contributed by atoms with Crippen LogP contribution in [-0.4, -0.2) is 40.4 Å². The average Bonchev–Trinajstić information content (AvgIpc) is 3.21. The van der Waals surface area contributed by atoms with E-state index in [1.807, 2.05) is 24.3 Å². The summed E-state index contributed by atoms with van der Waals surface area (Å²) >= 11 is 0. The second kappa shape index (κ2) is 9.66. The van der Waals surface area contributed by atoms with Crippen molar-refractivity contribution in [3.8, 4) is 11.1 Å². The van der Waals surface area contributed by atoms with Crippen LogP contribution in [0, 0.1) is 5.82 Å². The van der Waals surface area contributed by atoms with E-state index in [-0.39, 0.29) is 49.4 Å². The predicted molar refractivity (Wildman–Crippen MR) is 138 cm³/mol. The molecule has 3 aromatic carbocycles. The van der Waals surface area contributed by atoms with Crippen LogP contribution in [0.5, 0.6) is 0 Å². The number of benzene rings is 3. The highest BCUT2D eigenvalue weighted by molar-refractivity contribution is 5.79. The maximum absolute atomic E-state index is 14.6. The zero-order chi connectivity index (χ0) is 27.4. The van der Waals surface area contributed by atoms with E-state index < -0.39 is 29.3 Å². The van der Waals surface area contributed by atoms with Crippen molar-refractivity contribution in [2.75, 3.05) is 6.61 Å². The number of fused-ring (bicyclic) bond motifs is 5. The summed E-state index contributed by atoms with van der Waals surface area (Å²) < 4.78 is 59.3. The largest absolute Gasteiger partial charge is 0.448 e. The second-order valence-corrected chi connectivity index (χ2v) is 11.1. The Labute approximate surface area is 224 Å². The van der Waals surface area contributed by atoms with Crippen LogP contribution in [0.4, 0.5) is 22.4 Å². The maximum Gasteiger partial charge on any atom is 0.416 e. The third kappa shape index (κ3) is 4.80. The fraction of sp³-hybridized carbons (Fsp3) is 0.387. The van der Waals surface area contributed by atoms with E-state index >= 15 is 0 Å². The number of hydrogen-bond donors (Lipinski definition) is 1. The minimum absolute atomic E-state index is 0.0400. The summed E-state index contributed by atoms with van der Waals surface area (Å²) in [6, 6.07) is 18.1. The lowest BCUT2D eigenvalue weighted by Gasteiger charge is -2.51. The molecule has 2 fully saturated rings. The van der Waals surface area contributed by atoms with Crippen LogP contribution in [0.15, 0.2) is 66.7 Å². The van der Waals surface area contributed by atoms with E-state index in [4.69, 9.17) is 4.74 Å². The first-order valence-electron chi connectivity index (χ1n) is 13.3. The van der Waals surface area contributed by atoms with Crippen LogP contribution in [0.1, 0.15) is 60.3 Å². The molecule has 2 unspecified atom stereocenters. The van der Waals surface area contributed by atoms with E-state index in [1.54, 1.807) is 4.90 Å². The van der Waals surface area contributed by atoms with Gasteiger partial charge in [-0.2, -0.15) is 13.2 Å². The number of ether oxygens (including phenoxy) is 1. The lowest BCUT2D eigenvalue weighted by Crippen LogP contribution is -2.60. The Morgan fingerprint density at radius 3 is 2.10 bits per heavy atom. The quantitative estimate of drug-likeness (QED) is 0.361. The molecule has 0 aromatic heterocycles. The van der Waals surface area contributed by atoms with Crippen LogP contribution in [0.3, 0.4) is 0 Å². The Kier molecular flexibility index (Phi) is 6.41. The Balaban J connectivity index is 1.16. The molecule has 8 heteroatoms. The first-order valence-corrected chi connectivity index (χ1v) is 13.3. The molecule has 2 bridgehead atoms. The standard InChI is InChI=1S/C31H29F4NO3/c32-28-14-20(31(33,34)35)13-12-19(28)15-30(38)16-21-6-5-7-22(17-30)36(21)29(37)39-18-27-25-10-3-1-8-23(25)24-9-2-4-11-26(24)27/h1-4,8-14,21-22,27,38H,5-7,15-18H2. The van der Waals surface area contributed by atoms with Gasteiger partial charge in [0.25, 0.3) is 0 Å². The summed E-state index contributed by atoms with van der Waals surface area (Å²) in [5, 5.41) is 11.4. The molecule has 3 aromatic rings. The molecule has 204 valence electrons. The number of alkyl halides is 3. The van der Waals surface area contributed by atoms with Crippen LogP contribution >= 0.6 is 0 Å². The Morgan fingerprint density at radius 2 is 1.54 bits per heavy atom. The highest BCUT2D eigenvalue weighted by Gasteiger charge is 2.48. The molecule has 1 amide bonds. The SMILES string of the molecule is O=C(OCC1c2ccccc2-c2ccccc21)N1C2CCCC1CC(O)(Cc1ccc(C(F)(F)F)cc1F)C2. The Morgan fingerprint density at radius 1 is 0.949 bits per heavy atom. The molecule has 0 radical (unpaired) electrons. The molecular weight excluding hydrogens is 510 g/mol. The van der Waals surface area contributed by atoms with Gasteiger partial charge in [0.2, 0.25) is 0 Å². The van der Waals surface area contributed by atoms with Gasteiger partial charge in [-0.15, -0.1) is 0 Å². The number of carbonyl (C=O) groups excluding carboxylic acids is 1. The van der Waals surface area contributed by atoms with Gasteiger partial charge in [0.15, 0.2) is 0 Å². The van der Waals surface area contributed by atoms with E-state index in [1.165, 1.54) is 0 Å². The fourth-order valence-electron chi connectivity index (χ4n) is 6.86. The maximum atomic E-state index is 14.6. The molecule has 0 spiro atoms. The van der Waals surface area contributed by atoms with Crippen LogP contribution < -0.4 is 0 Å². The molecule has 0 saturated carbocycles. The third-order valence-corrected chi connectivity index (χ3v) is 8.54. The Bertz CT molecular complexity index is 1350. The number of aliphatic hydroxyl groups is 1. The van der Waals surface area contributed by atoms with Gasteiger partial charge < -0.3 is 14.7 Å². The predicted octanol–water partition coefficient (Wildman–Crippen LogP) is 7.08. The topological polar surface area (TPSA) is 49.8 Å². The van der Waals surface area contributed by atoms with Gasteiger partial charge in [-0.1, -0.05) is 54.6 Å². The highest BCUT2D eigenvalue weighted by atomic mass is 19.4. The first kappa shape index (κ1) is 25.9. The van der Waals surface area contributed by atoms with Crippen molar-refractivity contribution in [2.24, 2.45) is 0 Å². The number of piperidine rings is 2. The molecule has 2 aliphatic heterocycles. The minimum Gasteiger partial charge on any atom is -0.448 e. The van der Waals surface area contributed by atoms with E-state index in [2.05, 4.69) is 24.3 Å². The molecule has 1 aliphatic carbocycles. The summed E-state index contributed by atoms with van der Waals surface area (Å²) in [5.74, 6) is -1.05. The summed E-state index contributed by atoms with van der Waals surface area (Å²) in [6.07, 6.45) is -2.48. The van der Waals surface area contributed by atoms with Gasteiger partial charge in [-0.3, -0.25) is 0 Å². The van der Waals surface area contributed by atoms with Crippen molar-refractivity contribution >= 4 is 6.09 Å². The van der Waals surface area contributed by atoms with Gasteiger partial charge in [-0.05, 0) is 72.1 Å². The molecule has 1 N–H and O–H groups in total. The van der Waals surface area contributed by atoms with Gasteiger partial charge in [0.1, 0.15) is 12.4 Å². The van der Waals surface area contributed by atoms with Crippen molar-refractivity contribution in [2.45, 2.75) is 68.3 Å². The van der Waals surface area contributed by atoms with Crippen molar-refractivity contribution in [3.63, 3.8) is 0 Å². The van der Waals surface area contributed by atoms with E-state index in [0.717, 1.165) is 40.8 Å². The zero-order valence-electron chi connectivity index (χ0n) is 21.3. The molecule has 39 heavy (non-hydrogen) atoms. The number of carbonyl (C=O) groups is 1. The number of amides is 1. The van der Waals surface area contributed by atoms with Crippen LogP contribution in [-0.2, 0) is 17.3 Å². The van der Waals surface area contributed by atoms with Crippen molar-refractivity contribution in [3.05, 3.63) is 94.8 Å². The van der Waals surface area contributed by atoms with Gasteiger partial charge in [0, 0.05) is 24.4 Å². The lowest BCUT2D eigenvalue weighted by molar-refractivity contribution is -0.137. The average molecular weight is 540 g/mol. The first-order chi connectivity index (χ1) is 18.6. The summed E-state index contributed by atoms with van der Waals surface area (Å²) in [6.45, 7) is 0.198. The number of nitrogens with zero attached hydrogens (tertiary/aromatic N) is 1. The van der Waals surface area contributed by atoms with Gasteiger partial charge in [-0.25, -0.2) is 9.18 Å². The number of hydrogen-bond acceptors (Lipinski definition) is 3. The minimum atomic E-state index is -4.64. The van der Waals surface area contributed by atoms with Crippen molar-refractivity contribution < 1.29 is 32.2 Å². The highest BCUT2D eigenvalue weighted by Crippen LogP contribution is 2.45. The molecule has 2 saturated heterocycles. The second-order valence-electron chi connectivity index (χ2n) is 11.1. The monoisotopic (exact) mass is 539 g/mol. The smallest absolute Gasteiger partial charge is 0.416 e. The molecule has 6 rings (SSSR count). The molecule has 4 nitrogen and oxygen atoms in total. The van der Waals surface area contributed by atoms with Gasteiger partial charge in [0.05, 0.1) is 11.2 Å². The summed E-state index contributed by atoms with van der Waals surface area (Å²) in [4.78, 5) is 15.1. The van der Waals surface area contributed by atoms with Crippen molar-refractivity contribution in [1.29, 1.82) is 0 Å². The summed E-state index contributed by atoms with van der Waals surface area (Å²) in [7, 11) is 0. The lowest BCUT2D eigenvalue weighted by atomic mass is 9.73. The molecule has 2 heterocycles. The normalized spacial score (nSPS) is 24.3. The number of halogens is 4. The molecule has 2 atom stereocenters. The summed E-state index contributed by atoms with van der Waals surface area (Å²) in [5.41, 5.74) is 2.19. The van der Waals surface area contributed by atoms with E-state index in [0.29, 0.717) is 18.9 Å². The zero-order valence-corrected chi connectivity index (χ0v) is 21.3. The third-order valence-electron chi connectivity index (χ3n) is 8.54. The van der Waals surface area contributed by atoms with Crippen LogP contribution in [0.25, 0.3) is 11.1 Å². The van der Waals surface area contributed by atoms with Gasteiger partial charge >= 0.3 is 12.3 Å².